The molecule has 1 aliphatic rings. The lowest BCUT2D eigenvalue weighted by atomic mass is 9.89. The van der Waals surface area contributed by atoms with Gasteiger partial charge in [0.05, 0.1) is 0 Å². The van der Waals surface area contributed by atoms with Crippen molar-refractivity contribution >= 4 is 23.8 Å². The number of fused-ring (bicyclic) bond motifs is 1. The van der Waals surface area contributed by atoms with Crippen molar-refractivity contribution in [1.82, 2.24) is 19.3 Å². The van der Waals surface area contributed by atoms with Crippen LogP contribution in [-0.4, -0.2) is 49.8 Å². The summed E-state index contributed by atoms with van der Waals surface area (Å²) in [5, 5.41) is 19.7. The van der Waals surface area contributed by atoms with E-state index in [1.165, 1.54) is 22.9 Å². The molecule has 1 N–H and O–H groups in total. The SMILES string of the molecule is Cc1nc2c(C#N)ncn2c(O)c1CCN1CCC(C(=O)c2ccc(F)cc2)CC1.Cl. The third kappa shape index (κ3) is 4.53. The number of aromatic nitrogens is 3. The number of imidazole rings is 1. The summed E-state index contributed by atoms with van der Waals surface area (Å²) in [5.41, 5.74) is 2.52. The molecule has 0 atom stereocenters. The number of benzene rings is 1. The number of halogens is 2. The first-order valence-electron chi connectivity index (χ1n) is 9.95. The molecule has 9 heteroatoms. The van der Waals surface area contributed by atoms with Crippen molar-refractivity contribution in [2.24, 2.45) is 5.92 Å². The minimum absolute atomic E-state index is 0. The Balaban J connectivity index is 0.00000272. The van der Waals surface area contributed by atoms with Gasteiger partial charge in [-0.25, -0.2) is 14.4 Å². The number of aromatic hydroxyl groups is 1. The van der Waals surface area contributed by atoms with Crippen molar-refractivity contribution in [3.05, 3.63) is 58.9 Å². The number of carbonyl (C=O) groups excluding carboxylic acids is 1. The van der Waals surface area contributed by atoms with Crippen LogP contribution < -0.4 is 0 Å². The van der Waals surface area contributed by atoms with Crippen LogP contribution >= 0.6 is 12.4 Å². The molecule has 0 aliphatic carbocycles. The topological polar surface area (TPSA) is 94.5 Å². The van der Waals surface area contributed by atoms with E-state index in [9.17, 15) is 14.3 Å². The maximum atomic E-state index is 13.1. The van der Waals surface area contributed by atoms with Crippen LogP contribution in [0.4, 0.5) is 4.39 Å². The van der Waals surface area contributed by atoms with E-state index in [2.05, 4.69) is 14.9 Å². The molecule has 1 aliphatic heterocycles. The van der Waals surface area contributed by atoms with E-state index in [0.29, 0.717) is 23.3 Å². The molecule has 7 nitrogen and oxygen atoms in total. The van der Waals surface area contributed by atoms with Crippen molar-refractivity contribution < 1.29 is 14.3 Å². The quantitative estimate of drug-likeness (QED) is 0.608. The van der Waals surface area contributed by atoms with Crippen LogP contribution in [0.2, 0.25) is 0 Å². The zero-order valence-electron chi connectivity index (χ0n) is 17.1. The molecule has 0 amide bonds. The predicted molar refractivity (Wildman–Crippen MR) is 115 cm³/mol. The number of nitrogens with zero attached hydrogens (tertiary/aromatic N) is 5. The van der Waals surface area contributed by atoms with Gasteiger partial charge in [-0.1, -0.05) is 0 Å². The molecule has 3 aromatic rings. The Bertz CT molecular complexity index is 1130. The van der Waals surface area contributed by atoms with Gasteiger partial charge in [0.15, 0.2) is 17.1 Å². The van der Waals surface area contributed by atoms with E-state index >= 15 is 0 Å². The number of nitriles is 1. The molecular formula is C22H23ClFN5O2. The fourth-order valence-electron chi connectivity index (χ4n) is 4.05. The number of hydrogen-bond donors (Lipinski definition) is 1. The lowest BCUT2D eigenvalue weighted by Gasteiger charge is -2.31. The highest BCUT2D eigenvalue weighted by Gasteiger charge is 2.26. The second-order valence-corrected chi connectivity index (χ2v) is 7.64. The van der Waals surface area contributed by atoms with E-state index in [4.69, 9.17) is 5.26 Å². The van der Waals surface area contributed by atoms with E-state index < -0.39 is 0 Å². The fourth-order valence-corrected chi connectivity index (χ4v) is 4.05. The number of ketones is 1. The molecule has 0 spiro atoms. The Labute approximate surface area is 185 Å². The van der Waals surface area contributed by atoms with Gasteiger partial charge in [-0.2, -0.15) is 5.26 Å². The zero-order chi connectivity index (χ0) is 21.3. The molecule has 31 heavy (non-hydrogen) atoms. The Morgan fingerprint density at radius 1 is 1.29 bits per heavy atom. The summed E-state index contributed by atoms with van der Waals surface area (Å²) in [7, 11) is 0. The van der Waals surface area contributed by atoms with Gasteiger partial charge >= 0.3 is 0 Å². The van der Waals surface area contributed by atoms with Gasteiger partial charge in [0.2, 0.25) is 5.88 Å². The zero-order valence-corrected chi connectivity index (χ0v) is 17.9. The Morgan fingerprint density at radius 2 is 1.97 bits per heavy atom. The Morgan fingerprint density at radius 3 is 2.61 bits per heavy atom. The van der Waals surface area contributed by atoms with E-state index in [1.807, 2.05) is 13.0 Å². The minimum Gasteiger partial charge on any atom is -0.494 e. The van der Waals surface area contributed by atoms with Gasteiger partial charge in [0.1, 0.15) is 18.2 Å². The molecule has 0 saturated carbocycles. The third-order valence-electron chi connectivity index (χ3n) is 5.82. The largest absolute Gasteiger partial charge is 0.494 e. The highest BCUT2D eigenvalue weighted by atomic mass is 35.5. The van der Waals surface area contributed by atoms with Gasteiger partial charge in [0, 0.05) is 29.3 Å². The molecule has 4 rings (SSSR count). The number of Topliss-reactive ketones (excluding diaryl/α,β-unsaturated/α-hetero) is 1. The van der Waals surface area contributed by atoms with Crippen LogP contribution in [0.5, 0.6) is 5.88 Å². The highest BCUT2D eigenvalue weighted by Crippen LogP contribution is 2.25. The van der Waals surface area contributed by atoms with Crippen molar-refractivity contribution in [2.75, 3.05) is 19.6 Å². The molecule has 1 aromatic carbocycles. The Hall–Kier alpha value is -3.02. The monoisotopic (exact) mass is 443 g/mol. The lowest BCUT2D eigenvalue weighted by molar-refractivity contribution is 0.0841. The summed E-state index contributed by atoms with van der Waals surface area (Å²) >= 11 is 0. The number of likely N-dealkylation sites (tertiary alicyclic amines) is 1. The average molecular weight is 444 g/mol. The van der Waals surface area contributed by atoms with Crippen molar-refractivity contribution in [3.63, 3.8) is 0 Å². The number of aryl methyl sites for hydroxylation is 1. The standard InChI is InChI=1S/C22H22FN5O2.ClH/c1-14-18(22(30)28-13-25-19(12-24)21(28)26-14)8-11-27-9-6-16(7-10-27)20(29)15-2-4-17(23)5-3-15;/h2-5,13,16,30H,6-11H2,1H3;1H. The predicted octanol–water partition coefficient (Wildman–Crippen LogP) is 3.31. The van der Waals surface area contributed by atoms with Gasteiger partial charge in [-0.15, -0.1) is 12.4 Å². The first-order valence-corrected chi connectivity index (χ1v) is 9.95. The lowest BCUT2D eigenvalue weighted by Crippen LogP contribution is -2.37. The van der Waals surface area contributed by atoms with Crippen molar-refractivity contribution in [3.8, 4) is 11.9 Å². The molecule has 0 bridgehead atoms. The fraction of sp³-hybridized carbons (Fsp3) is 0.364. The summed E-state index contributed by atoms with van der Waals surface area (Å²) in [6, 6.07) is 7.71. The summed E-state index contributed by atoms with van der Waals surface area (Å²) in [6.07, 6.45) is 3.53. The van der Waals surface area contributed by atoms with Crippen LogP contribution in [0.3, 0.4) is 0 Å². The highest BCUT2D eigenvalue weighted by molar-refractivity contribution is 5.97. The molecular weight excluding hydrogens is 421 g/mol. The van der Waals surface area contributed by atoms with Crippen molar-refractivity contribution in [1.29, 1.82) is 5.26 Å². The van der Waals surface area contributed by atoms with E-state index in [1.54, 1.807) is 12.1 Å². The smallest absolute Gasteiger partial charge is 0.203 e. The van der Waals surface area contributed by atoms with Crippen LogP contribution in [0.25, 0.3) is 5.65 Å². The first-order chi connectivity index (χ1) is 14.5. The number of rotatable bonds is 5. The molecule has 2 aromatic heterocycles. The van der Waals surface area contributed by atoms with Crippen LogP contribution in [0.15, 0.2) is 30.6 Å². The summed E-state index contributed by atoms with van der Waals surface area (Å²) < 4.78 is 14.5. The van der Waals surface area contributed by atoms with E-state index in [0.717, 1.165) is 38.0 Å². The first kappa shape index (κ1) is 22.7. The van der Waals surface area contributed by atoms with Gasteiger partial charge in [-0.3, -0.25) is 9.20 Å². The molecule has 3 heterocycles. The third-order valence-corrected chi connectivity index (χ3v) is 5.82. The Kier molecular flexibility index (Phi) is 6.88. The van der Waals surface area contributed by atoms with Crippen molar-refractivity contribution in [2.45, 2.75) is 26.2 Å². The second kappa shape index (κ2) is 9.41. The molecule has 0 radical (unpaired) electrons. The molecule has 0 unspecified atom stereocenters. The normalized spacial score (nSPS) is 14.9. The maximum Gasteiger partial charge on any atom is 0.203 e. The molecule has 1 fully saturated rings. The number of hydrogen-bond acceptors (Lipinski definition) is 6. The molecule has 1 saturated heterocycles. The van der Waals surface area contributed by atoms with Crippen LogP contribution in [-0.2, 0) is 6.42 Å². The maximum absolute atomic E-state index is 13.1. The van der Waals surface area contributed by atoms with Gasteiger partial charge < -0.3 is 10.0 Å². The minimum atomic E-state index is -0.341. The van der Waals surface area contributed by atoms with Crippen LogP contribution in [0.1, 0.15) is 40.2 Å². The van der Waals surface area contributed by atoms with Crippen LogP contribution in [0, 0.1) is 30.0 Å². The summed E-state index contributed by atoms with van der Waals surface area (Å²) in [4.78, 5) is 23.3. The average Bonchev–Trinajstić information content (AvgIpc) is 3.17. The van der Waals surface area contributed by atoms with Gasteiger partial charge in [-0.05, 0) is 63.5 Å². The number of carbonyl (C=O) groups is 1. The summed E-state index contributed by atoms with van der Waals surface area (Å²) in [5.74, 6) is -0.249. The summed E-state index contributed by atoms with van der Waals surface area (Å²) in [6.45, 7) is 4.13. The van der Waals surface area contributed by atoms with E-state index in [-0.39, 0.29) is 41.5 Å². The van der Waals surface area contributed by atoms with Gasteiger partial charge in [0.25, 0.3) is 0 Å². The second-order valence-electron chi connectivity index (χ2n) is 7.64. The molecule has 162 valence electrons. The number of piperidine rings is 1.